The molecule has 172 valence electrons. The number of aliphatic imine (C=N–C) groups is 1. The van der Waals surface area contributed by atoms with Crippen LogP contribution in [0.4, 0.5) is 17.6 Å². The summed E-state index contributed by atoms with van der Waals surface area (Å²) in [5, 5.41) is 3.07. The lowest BCUT2D eigenvalue weighted by molar-refractivity contribution is 0.362. The molecule has 0 amide bonds. The second kappa shape index (κ2) is 8.46. The van der Waals surface area contributed by atoms with Gasteiger partial charge >= 0.3 is 0 Å². The van der Waals surface area contributed by atoms with Gasteiger partial charge in [0.1, 0.15) is 17.2 Å². The van der Waals surface area contributed by atoms with Gasteiger partial charge in [-0.2, -0.15) is 4.39 Å². The van der Waals surface area contributed by atoms with Crippen LogP contribution in [0.25, 0.3) is 0 Å². The number of benzene rings is 1. The Hall–Kier alpha value is -3.49. The average Bonchev–Trinajstić information content (AvgIpc) is 3.12. The van der Waals surface area contributed by atoms with Crippen LogP contribution < -0.4 is 10.9 Å². The number of aromatic nitrogens is 2. The maximum absolute atomic E-state index is 15.2. The molecule has 5 nitrogen and oxygen atoms in total. The monoisotopic (exact) mass is 458 g/mol. The minimum Gasteiger partial charge on any atom is -0.354 e. The van der Waals surface area contributed by atoms with E-state index < -0.39 is 46.2 Å². The van der Waals surface area contributed by atoms with Crippen molar-refractivity contribution in [3.63, 3.8) is 0 Å². The van der Waals surface area contributed by atoms with E-state index in [9.17, 15) is 13.6 Å². The third-order valence-electron chi connectivity index (χ3n) is 5.88. The largest absolute Gasteiger partial charge is 0.354 e. The number of hydrogen-bond donors (Lipinski definition) is 1. The third-order valence-corrected chi connectivity index (χ3v) is 5.88. The predicted octanol–water partition coefficient (Wildman–Crippen LogP) is 4.20. The lowest BCUT2D eigenvalue weighted by Crippen LogP contribution is -2.49. The zero-order valence-corrected chi connectivity index (χ0v) is 18.3. The molecule has 4 rings (SSSR count). The molecule has 0 saturated carbocycles. The second-order valence-electron chi connectivity index (χ2n) is 8.03. The summed E-state index contributed by atoms with van der Waals surface area (Å²) in [5.74, 6) is -4.14. The van der Waals surface area contributed by atoms with E-state index in [1.54, 1.807) is 19.2 Å². The Morgan fingerprint density at radius 1 is 1.06 bits per heavy atom. The lowest BCUT2D eigenvalue weighted by atomic mass is 9.78. The smallest absolute Gasteiger partial charge is 0.250 e. The van der Waals surface area contributed by atoms with Crippen LogP contribution in [0.1, 0.15) is 42.7 Å². The van der Waals surface area contributed by atoms with Gasteiger partial charge in [-0.05, 0) is 44.0 Å². The quantitative estimate of drug-likeness (QED) is 0.461. The molecule has 0 radical (unpaired) electrons. The molecule has 0 fully saturated rings. The molecule has 33 heavy (non-hydrogen) atoms. The van der Waals surface area contributed by atoms with E-state index >= 15 is 8.78 Å². The van der Waals surface area contributed by atoms with E-state index in [-0.39, 0.29) is 17.0 Å². The molecule has 0 spiro atoms. The van der Waals surface area contributed by atoms with E-state index in [2.05, 4.69) is 15.3 Å². The van der Waals surface area contributed by atoms with E-state index in [4.69, 9.17) is 0 Å². The molecule has 3 aromatic rings. The van der Waals surface area contributed by atoms with E-state index in [1.807, 2.05) is 6.92 Å². The van der Waals surface area contributed by atoms with Crippen molar-refractivity contribution in [2.24, 2.45) is 4.99 Å². The summed E-state index contributed by atoms with van der Waals surface area (Å²) in [7, 11) is 0. The van der Waals surface area contributed by atoms with Crippen LogP contribution in [0.3, 0.4) is 0 Å². The number of aryl methyl sites for hydroxylation is 2. The number of pyridine rings is 2. The molecule has 3 heterocycles. The van der Waals surface area contributed by atoms with Crippen LogP contribution in [0.5, 0.6) is 0 Å². The Balaban J connectivity index is 1.92. The van der Waals surface area contributed by atoms with Gasteiger partial charge in [-0.15, -0.1) is 0 Å². The summed E-state index contributed by atoms with van der Waals surface area (Å²) < 4.78 is 60.1. The molecule has 0 aliphatic carbocycles. The zero-order chi connectivity index (χ0) is 23.9. The fraction of sp³-hybridized carbons (Fsp3) is 0.292. The van der Waals surface area contributed by atoms with Crippen molar-refractivity contribution < 1.29 is 17.6 Å². The molecule has 0 unspecified atom stereocenters. The van der Waals surface area contributed by atoms with Gasteiger partial charge in [0, 0.05) is 24.4 Å². The van der Waals surface area contributed by atoms with Crippen molar-refractivity contribution in [3.05, 3.63) is 98.7 Å². The summed E-state index contributed by atoms with van der Waals surface area (Å²) in [4.78, 5) is 20.2. The van der Waals surface area contributed by atoms with Gasteiger partial charge in [-0.25, -0.2) is 18.2 Å². The molecule has 1 aliphatic rings. The molecule has 0 saturated heterocycles. The van der Waals surface area contributed by atoms with Gasteiger partial charge in [0.05, 0.1) is 17.3 Å². The Labute approximate surface area is 187 Å². The standard InChI is InChI=1S/C24H22F4N4O/c1-4-11-32-12-15(5-10-18(32)33)23-30-14(3)24(31-23,16-6-8-17(25)9-7-16)19-21(27)20(26)13(2)29-22(19)28/h5-10,12,14H,4,11H2,1-3H3,(H,30,31)/t14-,24-/m0/s1. The normalized spacial score (nSPS) is 20.0. The van der Waals surface area contributed by atoms with E-state index in [0.717, 1.165) is 18.6 Å². The fourth-order valence-electron chi connectivity index (χ4n) is 4.24. The minimum atomic E-state index is -1.70. The Bertz CT molecular complexity index is 1300. The number of hydrogen-bond acceptors (Lipinski definition) is 4. The van der Waals surface area contributed by atoms with Crippen molar-refractivity contribution >= 4 is 5.84 Å². The number of halogens is 4. The van der Waals surface area contributed by atoms with Gasteiger partial charge in [0.15, 0.2) is 11.6 Å². The van der Waals surface area contributed by atoms with Crippen LogP contribution in [-0.2, 0) is 12.1 Å². The predicted molar refractivity (Wildman–Crippen MR) is 116 cm³/mol. The molecular formula is C24H22F4N4O. The summed E-state index contributed by atoms with van der Waals surface area (Å²) in [5.41, 5.74) is -2.17. The van der Waals surface area contributed by atoms with E-state index in [0.29, 0.717) is 12.1 Å². The summed E-state index contributed by atoms with van der Waals surface area (Å²) in [6, 6.07) is 7.13. The van der Waals surface area contributed by atoms with Gasteiger partial charge in [0.25, 0.3) is 5.56 Å². The second-order valence-corrected chi connectivity index (χ2v) is 8.03. The summed E-state index contributed by atoms with van der Waals surface area (Å²) >= 11 is 0. The Morgan fingerprint density at radius 2 is 1.76 bits per heavy atom. The van der Waals surface area contributed by atoms with Crippen molar-refractivity contribution in [1.29, 1.82) is 0 Å². The molecule has 1 aromatic carbocycles. The summed E-state index contributed by atoms with van der Waals surface area (Å²) in [6.07, 6.45) is 2.33. The van der Waals surface area contributed by atoms with Crippen LogP contribution in [0.2, 0.25) is 0 Å². The number of amidine groups is 1. The first-order chi connectivity index (χ1) is 15.7. The van der Waals surface area contributed by atoms with Crippen molar-refractivity contribution in [1.82, 2.24) is 14.9 Å². The highest BCUT2D eigenvalue weighted by Crippen LogP contribution is 2.41. The maximum Gasteiger partial charge on any atom is 0.250 e. The van der Waals surface area contributed by atoms with Crippen LogP contribution >= 0.6 is 0 Å². The number of nitrogens with zero attached hydrogens (tertiary/aromatic N) is 3. The van der Waals surface area contributed by atoms with Gasteiger partial charge < -0.3 is 9.88 Å². The molecule has 1 aliphatic heterocycles. The highest BCUT2D eigenvalue weighted by molar-refractivity contribution is 6.01. The van der Waals surface area contributed by atoms with Gasteiger partial charge in [-0.3, -0.25) is 9.79 Å². The maximum atomic E-state index is 15.2. The Morgan fingerprint density at radius 3 is 2.42 bits per heavy atom. The van der Waals surface area contributed by atoms with Crippen LogP contribution in [0.15, 0.2) is 52.4 Å². The zero-order valence-electron chi connectivity index (χ0n) is 18.3. The van der Waals surface area contributed by atoms with Crippen LogP contribution in [0, 0.1) is 30.3 Å². The number of rotatable bonds is 5. The van der Waals surface area contributed by atoms with E-state index in [1.165, 1.54) is 29.7 Å². The van der Waals surface area contributed by atoms with Crippen molar-refractivity contribution in [3.8, 4) is 0 Å². The number of nitrogens with one attached hydrogen (secondary N) is 1. The van der Waals surface area contributed by atoms with Crippen molar-refractivity contribution in [2.75, 3.05) is 0 Å². The van der Waals surface area contributed by atoms with Gasteiger partial charge in [-0.1, -0.05) is 19.1 Å². The molecule has 0 bridgehead atoms. The highest BCUT2D eigenvalue weighted by Gasteiger charge is 2.50. The Kier molecular flexibility index (Phi) is 5.82. The highest BCUT2D eigenvalue weighted by atomic mass is 19.2. The first-order valence-electron chi connectivity index (χ1n) is 10.5. The topological polar surface area (TPSA) is 59.3 Å². The molecule has 9 heteroatoms. The van der Waals surface area contributed by atoms with Crippen LogP contribution in [-0.4, -0.2) is 21.4 Å². The van der Waals surface area contributed by atoms with Gasteiger partial charge in [0.2, 0.25) is 5.95 Å². The van der Waals surface area contributed by atoms with Crippen molar-refractivity contribution in [2.45, 2.75) is 45.3 Å². The average molecular weight is 458 g/mol. The fourth-order valence-corrected chi connectivity index (χ4v) is 4.24. The SMILES string of the molecule is CCCn1cc(C2=N[C@@H](C)[C@](c3ccc(F)cc3)(c3c(F)nc(C)c(F)c3F)N2)ccc1=O. The molecule has 1 N–H and O–H groups in total. The minimum absolute atomic E-state index is 0.195. The molecule has 2 atom stereocenters. The first kappa shape index (κ1) is 22.7. The first-order valence-corrected chi connectivity index (χ1v) is 10.5. The summed E-state index contributed by atoms with van der Waals surface area (Å²) in [6.45, 7) is 5.19. The molecular weight excluding hydrogens is 436 g/mol. The lowest BCUT2D eigenvalue weighted by Gasteiger charge is -2.35. The molecule has 2 aromatic heterocycles. The third kappa shape index (κ3) is 3.71.